The minimum atomic E-state index is 0.236. The second-order valence-electron chi connectivity index (χ2n) is 11.9. The van der Waals surface area contributed by atoms with Crippen molar-refractivity contribution in [3.05, 3.63) is 106 Å². The van der Waals surface area contributed by atoms with E-state index < -0.39 is 0 Å². The molecule has 0 saturated heterocycles. The molecule has 0 N–H and O–H groups in total. The zero-order valence-electron chi connectivity index (χ0n) is 23.4. The van der Waals surface area contributed by atoms with Crippen LogP contribution in [-0.2, 0) is 22.0 Å². The second-order valence-corrected chi connectivity index (χ2v) is 11.9. The first-order chi connectivity index (χ1) is 16.4. The molecule has 0 heterocycles. The minimum absolute atomic E-state index is 0.236. The molecule has 2 aliphatic carbocycles. The van der Waals surface area contributed by atoms with Crippen LogP contribution in [0, 0.1) is 6.92 Å². The standard InChI is InChI=1S/C34H46O/c1-11-12-13-23(2)30(22-35-10)26(5)25(4)28-15-14-27(19-28)20-29-21-32-31(18-24(29)3)33(6,7)16-17-34(32,8)9/h11,14-15,18,21H,1,4-5,12-13,16-17,19-20,22H2,2-3,6-10H3/b30-23+. The lowest BCUT2D eigenvalue weighted by molar-refractivity contribution is 0.226. The molecule has 35 heavy (non-hydrogen) atoms. The van der Waals surface area contributed by atoms with Gasteiger partial charge in [-0.3, -0.25) is 0 Å². The molecule has 0 aliphatic heterocycles. The fourth-order valence-corrected chi connectivity index (χ4v) is 5.57. The van der Waals surface area contributed by atoms with Gasteiger partial charge in [0.05, 0.1) is 6.61 Å². The fraction of sp³-hybridized carbons (Fsp3) is 0.471. The van der Waals surface area contributed by atoms with Gasteiger partial charge in [-0.15, -0.1) is 6.58 Å². The van der Waals surface area contributed by atoms with E-state index in [0.29, 0.717) is 6.61 Å². The zero-order valence-corrected chi connectivity index (χ0v) is 23.4. The van der Waals surface area contributed by atoms with E-state index in [9.17, 15) is 0 Å². The maximum Gasteiger partial charge on any atom is 0.0718 e. The second kappa shape index (κ2) is 10.7. The third-order valence-electron chi connectivity index (χ3n) is 8.31. The van der Waals surface area contributed by atoms with Crippen LogP contribution in [0.1, 0.15) is 89.0 Å². The highest BCUT2D eigenvalue weighted by molar-refractivity contribution is 5.58. The Balaban J connectivity index is 1.76. The first-order valence-corrected chi connectivity index (χ1v) is 13.1. The molecular formula is C34H46O. The summed E-state index contributed by atoms with van der Waals surface area (Å²) in [5, 5.41) is 0. The van der Waals surface area contributed by atoms with E-state index in [1.54, 1.807) is 18.2 Å². The van der Waals surface area contributed by atoms with E-state index >= 15 is 0 Å². The Morgan fingerprint density at radius 3 is 2.26 bits per heavy atom. The summed E-state index contributed by atoms with van der Waals surface area (Å²) in [5.41, 5.74) is 13.7. The van der Waals surface area contributed by atoms with Crippen molar-refractivity contribution in [1.82, 2.24) is 0 Å². The van der Waals surface area contributed by atoms with Gasteiger partial charge in [0.15, 0.2) is 0 Å². The summed E-state index contributed by atoms with van der Waals surface area (Å²) in [6.07, 6.45) is 12.9. The number of methoxy groups -OCH3 is 1. The number of rotatable bonds is 10. The van der Waals surface area contributed by atoms with Gasteiger partial charge < -0.3 is 4.74 Å². The monoisotopic (exact) mass is 470 g/mol. The molecule has 0 amide bonds. The zero-order chi connectivity index (χ0) is 26.0. The molecule has 0 unspecified atom stereocenters. The van der Waals surface area contributed by atoms with Crippen molar-refractivity contribution in [3.63, 3.8) is 0 Å². The smallest absolute Gasteiger partial charge is 0.0718 e. The van der Waals surface area contributed by atoms with Crippen molar-refractivity contribution in [3.8, 4) is 0 Å². The maximum atomic E-state index is 5.51. The molecule has 0 fully saturated rings. The molecule has 2 aliphatic rings. The van der Waals surface area contributed by atoms with Crippen LogP contribution >= 0.6 is 0 Å². The Bertz CT molecular complexity index is 1110. The molecule has 188 valence electrons. The van der Waals surface area contributed by atoms with Crippen LogP contribution < -0.4 is 0 Å². The lowest BCUT2D eigenvalue weighted by Crippen LogP contribution is -2.34. The summed E-state index contributed by atoms with van der Waals surface area (Å²) < 4.78 is 5.51. The fourth-order valence-electron chi connectivity index (χ4n) is 5.57. The van der Waals surface area contributed by atoms with E-state index in [1.165, 1.54) is 46.3 Å². The van der Waals surface area contributed by atoms with Gasteiger partial charge in [-0.25, -0.2) is 0 Å². The maximum absolute atomic E-state index is 5.51. The number of aryl methyl sites for hydroxylation is 1. The van der Waals surface area contributed by atoms with Gasteiger partial charge in [0.1, 0.15) is 0 Å². The minimum Gasteiger partial charge on any atom is -0.380 e. The average molecular weight is 471 g/mol. The van der Waals surface area contributed by atoms with Gasteiger partial charge in [-0.2, -0.15) is 0 Å². The van der Waals surface area contributed by atoms with E-state index in [1.807, 2.05) is 6.08 Å². The Morgan fingerprint density at radius 2 is 1.66 bits per heavy atom. The number of hydrogen-bond donors (Lipinski definition) is 0. The lowest BCUT2D eigenvalue weighted by Gasteiger charge is -2.42. The van der Waals surface area contributed by atoms with Gasteiger partial charge in [-0.1, -0.05) is 82.4 Å². The molecule has 0 saturated carbocycles. The molecule has 0 spiro atoms. The quantitative estimate of drug-likeness (QED) is 0.245. The van der Waals surface area contributed by atoms with Crippen molar-refractivity contribution in [2.75, 3.05) is 13.7 Å². The third kappa shape index (κ3) is 5.89. The third-order valence-corrected chi connectivity index (χ3v) is 8.31. The van der Waals surface area contributed by atoms with Gasteiger partial charge in [0.2, 0.25) is 0 Å². The molecule has 0 radical (unpaired) electrons. The summed E-state index contributed by atoms with van der Waals surface area (Å²) in [6.45, 7) is 27.4. The number of hydrogen-bond acceptors (Lipinski definition) is 1. The van der Waals surface area contributed by atoms with Crippen LogP contribution in [0.3, 0.4) is 0 Å². The van der Waals surface area contributed by atoms with E-state index in [0.717, 1.165) is 36.8 Å². The SMILES string of the molecule is C=CCC/C(C)=C(\COC)C(=C)C(=C)C1=CC=C(Cc2cc3c(cc2C)C(C)(C)CCC3(C)C)C1. The van der Waals surface area contributed by atoms with Crippen molar-refractivity contribution < 1.29 is 4.74 Å². The van der Waals surface area contributed by atoms with E-state index in [2.05, 4.69) is 85.6 Å². The number of fused-ring (bicyclic) bond motifs is 1. The van der Waals surface area contributed by atoms with Crippen LogP contribution in [0.15, 0.2) is 83.5 Å². The van der Waals surface area contributed by atoms with Crippen LogP contribution in [0.5, 0.6) is 0 Å². The van der Waals surface area contributed by atoms with Gasteiger partial charge in [0, 0.05) is 7.11 Å². The summed E-state index contributed by atoms with van der Waals surface area (Å²) in [5.74, 6) is 0. The number of allylic oxidation sites excluding steroid dienone is 7. The van der Waals surface area contributed by atoms with Gasteiger partial charge in [-0.05, 0) is 108 Å². The molecule has 0 atom stereocenters. The molecule has 0 bridgehead atoms. The Kier molecular flexibility index (Phi) is 8.32. The molecular weight excluding hydrogens is 424 g/mol. The Hall–Kier alpha value is -2.38. The Morgan fingerprint density at radius 1 is 1.03 bits per heavy atom. The predicted molar refractivity (Wildman–Crippen MR) is 153 cm³/mol. The van der Waals surface area contributed by atoms with Crippen molar-refractivity contribution in [2.45, 2.75) is 90.9 Å². The number of benzene rings is 1. The van der Waals surface area contributed by atoms with Crippen LogP contribution in [0.2, 0.25) is 0 Å². The molecule has 1 aromatic carbocycles. The molecule has 1 nitrogen and oxygen atoms in total. The summed E-state index contributed by atoms with van der Waals surface area (Å²) in [4.78, 5) is 0. The topological polar surface area (TPSA) is 9.23 Å². The first kappa shape index (κ1) is 27.2. The Labute approximate surface area is 215 Å². The summed E-state index contributed by atoms with van der Waals surface area (Å²) >= 11 is 0. The normalized spacial score (nSPS) is 18.8. The summed E-state index contributed by atoms with van der Waals surface area (Å²) in [6, 6.07) is 4.99. The van der Waals surface area contributed by atoms with Crippen molar-refractivity contribution in [1.29, 1.82) is 0 Å². The first-order valence-electron chi connectivity index (χ1n) is 13.1. The molecule has 1 aromatic rings. The van der Waals surface area contributed by atoms with Crippen LogP contribution in [0.4, 0.5) is 0 Å². The van der Waals surface area contributed by atoms with E-state index in [-0.39, 0.29) is 10.8 Å². The highest BCUT2D eigenvalue weighted by Gasteiger charge is 2.37. The molecule has 3 rings (SSSR count). The average Bonchev–Trinajstić information content (AvgIpc) is 3.27. The summed E-state index contributed by atoms with van der Waals surface area (Å²) in [7, 11) is 1.74. The number of ether oxygens (including phenoxy) is 1. The van der Waals surface area contributed by atoms with Crippen molar-refractivity contribution >= 4 is 0 Å². The van der Waals surface area contributed by atoms with Crippen LogP contribution in [0.25, 0.3) is 0 Å². The molecule has 1 heteroatoms. The predicted octanol–water partition coefficient (Wildman–Crippen LogP) is 9.18. The van der Waals surface area contributed by atoms with Gasteiger partial charge >= 0.3 is 0 Å². The largest absolute Gasteiger partial charge is 0.380 e. The van der Waals surface area contributed by atoms with Crippen molar-refractivity contribution in [2.24, 2.45) is 0 Å². The highest BCUT2D eigenvalue weighted by atomic mass is 16.5. The van der Waals surface area contributed by atoms with Crippen LogP contribution in [-0.4, -0.2) is 13.7 Å². The highest BCUT2D eigenvalue weighted by Crippen LogP contribution is 2.47. The lowest BCUT2D eigenvalue weighted by atomic mass is 9.62. The molecule has 0 aromatic heterocycles. The van der Waals surface area contributed by atoms with E-state index in [4.69, 9.17) is 4.74 Å². The van der Waals surface area contributed by atoms with Gasteiger partial charge in [0.25, 0.3) is 0 Å².